The number of nitrogens with one attached hydrogen (secondary N) is 1. The fraction of sp³-hybridized carbons (Fsp3) is 0.769. The second kappa shape index (κ2) is 9.97. The molecule has 0 aromatic carbocycles. The van der Waals surface area contributed by atoms with Gasteiger partial charge in [0.25, 0.3) is 0 Å². The van der Waals surface area contributed by atoms with Gasteiger partial charge in [-0.05, 0) is 50.8 Å². The number of hydrogen-bond acceptors (Lipinski definition) is 2. The molecule has 0 saturated heterocycles. The molecule has 0 aliphatic rings. The predicted molar refractivity (Wildman–Crippen MR) is 66.0 cm³/mol. The van der Waals surface area contributed by atoms with Crippen molar-refractivity contribution in [2.45, 2.75) is 52.5 Å². The molecule has 2 heteroatoms. The average Bonchev–Trinajstić information content (AvgIpc) is 2.17. The van der Waals surface area contributed by atoms with Crippen LogP contribution in [0, 0.1) is 0 Å². The topological polar surface area (TPSA) is 32.3 Å². The number of unbranched alkanes of at least 4 members (excludes halogenated alkanes) is 1. The molecule has 0 aromatic heterocycles. The van der Waals surface area contributed by atoms with E-state index in [0.717, 1.165) is 19.4 Å². The minimum Gasteiger partial charge on any atom is -0.396 e. The third-order valence-electron chi connectivity index (χ3n) is 2.22. The maximum atomic E-state index is 8.85. The van der Waals surface area contributed by atoms with Crippen molar-refractivity contribution < 1.29 is 5.11 Å². The standard InChI is InChI=1S/C13H25NO/c1-4-7-13(9-11-15)8-5-6-10-14-12(2)3/h4,12,14-15H,5-6,8-11H2,1-3H3. The molecule has 0 spiro atoms. The molecule has 0 aliphatic heterocycles. The summed E-state index contributed by atoms with van der Waals surface area (Å²) in [5.74, 6) is 0. The van der Waals surface area contributed by atoms with Gasteiger partial charge < -0.3 is 10.4 Å². The molecule has 2 N–H and O–H groups in total. The summed E-state index contributed by atoms with van der Waals surface area (Å²) in [5, 5.41) is 12.2. The van der Waals surface area contributed by atoms with Crippen LogP contribution < -0.4 is 5.32 Å². The first-order chi connectivity index (χ1) is 7.20. The van der Waals surface area contributed by atoms with Gasteiger partial charge in [0.05, 0.1) is 0 Å². The quantitative estimate of drug-likeness (QED) is 0.478. The lowest BCUT2D eigenvalue weighted by atomic mass is 10.1. The third kappa shape index (κ3) is 9.74. The molecule has 0 unspecified atom stereocenters. The Labute approximate surface area is 94.1 Å². The summed E-state index contributed by atoms with van der Waals surface area (Å²) in [7, 11) is 0. The van der Waals surface area contributed by atoms with E-state index in [1.807, 2.05) is 13.0 Å². The fourth-order valence-corrected chi connectivity index (χ4v) is 1.46. The van der Waals surface area contributed by atoms with E-state index in [4.69, 9.17) is 5.11 Å². The second-order valence-electron chi connectivity index (χ2n) is 4.08. The van der Waals surface area contributed by atoms with Gasteiger partial charge in [-0.3, -0.25) is 0 Å². The van der Waals surface area contributed by atoms with E-state index >= 15 is 0 Å². The zero-order valence-corrected chi connectivity index (χ0v) is 10.3. The lowest BCUT2D eigenvalue weighted by molar-refractivity contribution is 0.297. The summed E-state index contributed by atoms with van der Waals surface area (Å²) in [6, 6.07) is 0.577. The molecule has 0 saturated carbocycles. The van der Waals surface area contributed by atoms with Gasteiger partial charge in [0, 0.05) is 12.6 Å². The van der Waals surface area contributed by atoms with Gasteiger partial charge in [-0.1, -0.05) is 13.8 Å². The van der Waals surface area contributed by atoms with Crippen LogP contribution in [0.3, 0.4) is 0 Å². The summed E-state index contributed by atoms with van der Waals surface area (Å²) in [5.41, 5.74) is 4.43. The molecule has 15 heavy (non-hydrogen) atoms. The van der Waals surface area contributed by atoms with Gasteiger partial charge in [-0.2, -0.15) is 0 Å². The highest BCUT2D eigenvalue weighted by Gasteiger charge is 1.97. The van der Waals surface area contributed by atoms with Crippen molar-refractivity contribution in [1.29, 1.82) is 0 Å². The summed E-state index contributed by atoms with van der Waals surface area (Å²) in [6.45, 7) is 7.62. The van der Waals surface area contributed by atoms with Crippen LogP contribution >= 0.6 is 0 Å². The van der Waals surface area contributed by atoms with Crippen LogP contribution in [-0.2, 0) is 0 Å². The van der Waals surface area contributed by atoms with Crippen molar-refractivity contribution in [3.05, 3.63) is 17.4 Å². The predicted octanol–water partition coefficient (Wildman–Crippen LogP) is 2.64. The van der Waals surface area contributed by atoms with E-state index in [9.17, 15) is 0 Å². The number of aliphatic hydroxyl groups excluding tert-OH is 1. The van der Waals surface area contributed by atoms with Crippen LogP contribution in [0.2, 0.25) is 0 Å². The van der Waals surface area contributed by atoms with Crippen molar-refractivity contribution in [3.63, 3.8) is 0 Å². The smallest absolute Gasteiger partial charge is 0.0474 e. The van der Waals surface area contributed by atoms with Crippen molar-refractivity contribution in [2.24, 2.45) is 0 Å². The SMILES string of the molecule is CC=C=C(CCO)CCCCNC(C)C. The molecule has 2 nitrogen and oxygen atoms in total. The molecule has 0 fully saturated rings. The summed E-state index contributed by atoms with van der Waals surface area (Å²) in [4.78, 5) is 0. The molecule has 0 rings (SSSR count). The molecular formula is C13H25NO. The normalized spacial score (nSPS) is 10.2. The first kappa shape index (κ1) is 14.4. The third-order valence-corrected chi connectivity index (χ3v) is 2.22. The zero-order valence-electron chi connectivity index (χ0n) is 10.3. The molecule has 0 radical (unpaired) electrons. The largest absolute Gasteiger partial charge is 0.396 e. The Morgan fingerprint density at radius 2 is 2.07 bits per heavy atom. The van der Waals surface area contributed by atoms with Gasteiger partial charge >= 0.3 is 0 Å². The Hall–Kier alpha value is -0.560. The van der Waals surface area contributed by atoms with Crippen molar-refractivity contribution in [2.75, 3.05) is 13.2 Å². The summed E-state index contributed by atoms with van der Waals surface area (Å²) in [6.07, 6.45) is 6.12. The van der Waals surface area contributed by atoms with Gasteiger partial charge in [-0.15, -0.1) is 5.73 Å². The molecule has 0 atom stereocenters. The first-order valence-corrected chi connectivity index (χ1v) is 5.94. The highest BCUT2D eigenvalue weighted by Crippen LogP contribution is 2.09. The molecule has 88 valence electrons. The van der Waals surface area contributed by atoms with E-state index < -0.39 is 0 Å². The van der Waals surface area contributed by atoms with E-state index in [1.54, 1.807) is 0 Å². The average molecular weight is 211 g/mol. The summed E-state index contributed by atoms with van der Waals surface area (Å²) < 4.78 is 0. The first-order valence-electron chi connectivity index (χ1n) is 5.94. The van der Waals surface area contributed by atoms with Gasteiger partial charge in [0.15, 0.2) is 0 Å². The van der Waals surface area contributed by atoms with Gasteiger partial charge in [0.2, 0.25) is 0 Å². The van der Waals surface area contributed by atoms with Crippen LogP contribution in [0.4, 0.5) is 0 Å². The highest BCUT2D eigenvalue weighted by molar-refractivity contribution is 5.01. The number of rotatable bonds is 8. The number of aliphatic hydroxyl groups is 1. The van der Waals surface area contributed by atoms with Gasteiger partial charge in [-0.25, -0.2) is 0 Å². The highest BCUT2D eigenvalue weighted by atomic mass is 16.2. The summed E-state index contributed by atoms with van der Waals surface area (Å²) >= 11 is 0. The Morgan fingerprint density at radius 3 is 2.60 bits per heavy atom. The molecule has 0 aromatic rings. The minimum absolute atomic E-state index is 0.237. The van der Waals surface area contributed by atoms with Crippen molar-refractivity contribution in [1.82, 2.24) is 5.32 Å². The Bertz CT molecular complexity index is 203. The molecular weight excluding hydrogens is 186 g/mol. The van der Waals surface area contributed by atoms with Crippen LogP contribution in [0.5, 0.6) is 0 Å². The van der Waals surface area contributed by atoms with E-state index in [2.05, 4.69) is 24.9 Å². The maximum Gasteiger partial charge on any atom is 0.0474 e. The molecule has 0 heterocycles. The fourth-order valence-electron chi connectivity index (χ4n) is 1.46. The Morgan fingerprint density at radius 1 is 1.33 bits per heavy atom. The van der Waals surface area contributed by atoms with E-state index in [1.165, 1.54) is 18.4 Å². The van der Waals surface area contributed by atoms with Crippen LogP contribution in [0.25, 0.3) is 0 Å². The van der Waals surface area contributed by atoms with Crippen LogP contribution in [0.15, 0.2) is 17.4 Å². The van der Waals surface area contributed by atoms with Crippen LogP contribution in [0.1, 0.15) is 46.5 Å². The Kier molecular flexibility index (Phi) is 9.60. The van der Waals surface area contributed by atoms with E-state index in [0.29, 0.717) is 6.04 Å². The number of hydrogen-bond donors (Lipinski definition) is 2. The second-order valence-corrected chi connectivity index (χ2v) is 4.08. The van der Waals surface area contributed by atoms with Gasteiger partial charge in [0.1, 0.15) is 0 Å². The molecule has 0 amide bonds. The lowest BCUT2D eigenvalue weighted by Crippen LogP contribution is -2.23. The molecule has 0 aliphatic carbocycles. The van der Waals surface area contributed by atoms with E-state index in [-0.39, 0.29) is 6.61 Å². The monoisotopic (exact) mass is 211 g/mol. The van der Waals surface area contributed by atoms with Crippen molar-refractivity contribution >= 4 is 0 Å². The Balaban J connectivity index is 3.59. The zero-order chi connectivity index (χ0) is 11.5. The minimum atomic E-state index is 0.237. The van der Waals surface area contributed by atoms with Crippen molar-refractivity contribution in [3.8, 4) is 0 Å². The van der Waals surface area contributed by atoms with Crippen LogP contribution in [-0.4, -0.2) is 24.3 Å². The molecule has 0 bridgehead atoms. The maximum absolute atomic E-state index is 8.85. The lowest BCUT2D eigenvalue weighted by Gasteiger charge is -2.07.